The van der Waals surface area contributed by atoms with Gasteiger partial charge in [-0.25, -0.2) is 4.79 Å². The van der Waals surface area contributed by atoms with E-state index in [9.17, 15) is 14.4 Å². The monoisotopic (exact) mass is 278 g/mol. The van der Waals surface area contributed by atoms with Crippen LogP contribution in [0.15, 0.2) is 24.3 Å². The molecule has 0 unspecified atom stereocenters. The van der Waals surface area contributed by atoms with Crippen LogP contribution in [-0.4, -0.2) is 31.4 Å². The highest BCUT2D eigenvalue weighted by Gasteiger charge is 2.04. The number of rotatable bonds is 6. The van der Waals surface area contributed by atoms with Crippen LogP contribution < -0.4 is 10.6 Å². The van der Waals surface area contributed by atoms with Crippen LogP contribution in [0.25, 0.3) is 0 Å². The van der Waals surface area contributed by atoms with Crippen LogP contribution in [0.2, 0.25) is 0 Å². The van der Waals surface area contributed by atoms with E-state index >= 15 is 0 Å². The predicted octanol–water partition coefficient (Wildman–Crippen LogP) is 1.96. The average Bonchev–Trinajstić information content (AvgIpc) is 2.43. The van der Waals surface area contributed by atoms with E-state index in [1.54, 1.807) is 24.3 Å². The van der Waals surface area contributed by atoms with Gasteiger partial charge in [0.05, 0.1) is 7.11 Å². The van der Waals surface area contributed by atoms with E-state index in [0.717, 1.165) is 0 Å². The molecule has 1 rings (SSSR count). The van der Waals surface area contributed by atoms with Gasteiger partial charge < -0.3 is 15.4 Å². The number of hydrogen-bond donors (Lipinski definition) is 2. The van der Waals surface area contributed by atoms with E-state index in [1.807, 2.05) is 0 Å². The fourth-order valence-corrected chi connectivity index (χ4v) is 1.50. The fourth-order valence-electron chi connectivity index (χ4n) is 1.50. The molecule has 6 heteroatoms. The molecule has 0 aliphatic heterocycles. The predicted molar refractivity (Wildman–Crippen MR) is 74.7 cm³/mol. The summed E-state index contributed by atoms with van der Waals surface area (Å²) in [6.07, 6.45) is 0.785. The van der Waals surface area contributed by atoms with E-state index in [4.69, 9.17) is 0 Å². The first-order chi connectivity index (χ1) is 9.52. The van der Waals surface area contributed by atoms with Gasteiger partial charge in [0.25, 0.3) is 0 Å². The first kappa shape index (κ1) is 15.7. The van der Waals surface area contributed by atoms with E-state index < -0.39 is 0 Å². The smallest absolute Gasteiger partial charge is 0.319 e. The van der Waals surface area contributed by atoms with Crippen molar-refractivity contribution >= 4 is 23.5 Å². The minimum absolute atomic E-state index is 0.0242. The summed E-state index contributed by atoms with van der Waals surface area (Å²) in [4.78, 5) is 33.5. The van der Waals surface area contributed by atoms with E-state index in [1.165, 1.54) is 14.0 Å². The summed E-state index contributed by atoms with van der Waals surface area (Å²) >= 11 is 0. The number of urea groups is 1. The van der Waals surface area contributed by atoms with Crippen molar-refractivity contribution in [2.75, 3.05) is 19.0 Å². The zero-order valence-electron chi connectivity index (χ0n) is 11.6. The highest BCUT2D eigenvalue weighted by Crippen LogP contribution is 2.09. The SMILES string of the molecule is COC(=O)CCCNC(=O)Nc1ccc(C(C)=O)cc1. The Bertz CT molecular complexity index is 482. The number of amides is 2. The molecule has 0 saturated carbocycles. The van der Waals surface area contributed by atoms with Crippen molar-refractivity contribution in [2.24, 2.45) is 0 Å². The molecule has 6 nitrogen and oxygen atoms in total. The minimum Gasteiger partial charge on any atom is -0.469 e. The Morgan fingerprint density at radius 2 is 1.80 bits per heavy atom. The highest BCUT2D eigenvalue weighted by atomic mass is 16.5. The van der Waals surface area contributed by atoms with Crippen LogP contribution in [0.4, 0.5) is 10.5 Å². The number of methoxy groups -OCH3 is 1. The first-order valence-corrected chi connectivity index (χ1v) is 6.25. The number of Topliss-reactive ketones (excluding diaryl/α,β-unsaturated/α-hetero) is 1. The van der Waals surface area contributed by atoms with Crippen molar-refractivity contribution in [3.8, 4) is 0 Å². The third kappa shape index (κ3) is 5.51. The maximum Gasteiger partial charge on any atom is 0.319 e. The normalized spacial score (nSPS) is 9.70. The summed E-state index contributed by atoms with van der Waals surface area (Å²) in [5.41, 5.74) is 1.19. The molecule has 0 saturated heterocycles. The largest absolute Gasteiger partial charge is 0.469 e. The molecule has 0 atom stereocenters. The van der Waals surface area contributed by atoms with Crippen LogP contribution in [0.5, 0.6) is 0 Å². The molecule has 0 aliphatic carbocycles. The Labute approximate surface area is 117 Å². The van der Waals surface area contributed by atoms with Gasteiger partial charge >= 0.3 is 12.0 Å². The van der Waals surface area contributed by atoms with Gasteiger partial charge in [0.1, 0.15) is 0 Å². The van der Waals surface area contributed by atoms with Crippen molar-refractivity contribution in [3.05, 3.63) is 29.8 Å². The maximum absolute atomic E-state index is 11.5. The Hall–Kier alpha value is -2.37. The lowest BCUT2D eigenvalue weighted by molar-refractivity contribution is -0.140. The highest BCUT2D eigenvalue weighted by molar-refractivity contribution is 5.95. The number of nitrogens with one attached hydrogen (secondary N) is 2. The molecule has 0 heterocycles. The molecule has 0 aromatic heterocycles. The zero-order valence-corrected chi connectivity index (χ0v) is 11.6. The average molecular weight is 278 g/mol. The Morgan fingerprint density at radius 1 is 1.15 bits per heavy atom. The van der Waals surface area contributed by atoms with Crippen LogP contribution >= 0.6 is 0 Å². The third-order valence-electron chi connectivity index (χ3n) is 2.62. The van der Waals surface area contributed by atoms with Gasteiger partial charge in [0.2, 0.25) is 0 Å². The van der Waals surface area contributed by atoms with Crippen LogP contribution in [0.1, 0.15) is 30.1 Å². The van der Waals surface area contributed by atoms with Crippen molar-refractivity contribution in [3.63, 3.8) is 0 Å². The number of carbonyl (C=O) groups excluding carboxylic acids is 3. The molecule has 0 fully saturated rings. The summed E-state index contributed by atoms with van der Waals surface area (Å²) in [5, 5.41) is 5.26. The number of carbonyl (C=O) groups is 3. The van der Waals surface area contributed by atoms with Gasteiger partial charge in [-0.05, 0) is 37.6 Å². The molecule has 0 radical (unpaired) electrons. The Kier molecular flexibility index (Phi) is 6.22. The molecule has 0 bridgehead atoms. The van der Waals surface area contributed by atoms with Gasteiger partial charge in [-0.1, -0.05) is 0 Å². The van der Waals surface area contributed by atoms with Gasteiger partial charge in [-0.3, -0.25) is 9.59 Å². The molecule has 108 valence electrons. The molecule has 0 aliphatic rings. The molecule has 2 N–H and O–H groups in total. The quantitative estimate of drug-likeness (QED) is 0.473. The number of hydrogen-bond acceptors (Lipinski definition) is 4. The van der Waals surface area contributed by atoms with Gasteiger partial charge in [0.15, 0.2) is 5.78 Å². The molecule has 20 heavy (non-hydrogen) atoms. The molecular formula is C14H18N2O4. The number of esters is 1. The van der Waals surface area contributed by atoms with Crippen LogP contribution in [0, 0.1) is 0 Å². The summed E-state index contributed by atoms with van der Waals surface area (Å²) in [5.74, 6) is -0.323. The minimum atomic E-state index is -0.356. The third-order valence-corrected chi connectivity index (χ3v) is 2.62. The molecule has 2 amide bonds. The second-order valence-corrected chi connectivity index (χ2v) is 4.19. The van der Waals surface area contributed by atoms with Crippen molar-refractivity contribution in [2.45, 2.75) is 19.8 Å². The van der Waals surface area contributed by atoms with Gasteiger partial charge in [-0.2, -0.15) is 0 Å². The maximum atomic E-state index is 11.5. The Morgan fingerprint density at radius 3 is 2.35 bits per heavy atom. The fraction of sp³-hybridized carbons (Fsp3) is 0.357. The van der Waals surface area contributed by atoms with Crippen molar-refractivity contribution in [1.29, 1.82) is 0 Å². The topological polar surface area (TPSA) is 84.5 Å². The summed E-state index contributed by atoms with van der Waals surface area (Å²) in [6, 6.07) is 6.25. The van der Waals surface area contributed by atoms with Crippen molar-refractivity contribution in [1.82, 2.24) is 5.32 Å². The van der Waals surface area contributed by atoms with Crippen LogP contribution in [0.3, 0.4) is 0 Å². The summed E-state index contributed by atoms with van der Waals surface area (Å²) in [7, 11) is 1.33. The lowest BCUT2D eigenvalue weighted by Crippen LogP contribution is -2.29. The standard InChI is InChI=1S/C14H18N2O4/c1-10(17)11-5-7-12(8-6-11)16-14(19)15-9-3-4-13(18)20-2/h5-8H,3-4,9H2,1-2H3,(H2,15,16,19). The number of benzene rings is 1. The second-order valence-electron chi connectivity index (χ2n) is 4.19. The molecule has 0 spiro atoms. The zero-order chi connectivity index (χ0) is 15.0. The van der Waals surface area contributed by atoms with Crippen LogP contribution in [-0.2, 0) is 9.53 Å². The molecular weight excluding hydrogens is 260 g/mol. The number of anilines is 1. The van der Waals surface area contributed by atoms with Crippen molar-refractivity contribution < 1.29 is 19.1 Å². The first-order valence-electron chi connectivity index (χ1n) is 6.25. The number of ether oxygens (including phenoxy) is 1. The van der Waals surface area contributed by atoms with E-state index in [0.29, 0.717) is 24.2 Å². The lowest BCUT2D eigenvalue weighted by Gasteiger charge is -2.07. The molecule has 1 aromatic rings. The molecule has 1 aromatic carbocycles. The second kappa shape index (κ2) is 7.93. The van der Waals surface area contributed by atoms with E-state index in [-0.39, 0.29) is 24.2 Å². The summed E-state index contributed by atoms with van der Waals surface area (Å²) in [6.45, 7) is 1.86. The summed E-state index contributed by atoms with van der Waals surface area (Å²) < 4.78 is 4.49. The van der Waals surface area contributed by atoms with Gasteiger partial charge in [-0.15, -0.1) is 0 Å². The lowest BCUT2D eigenvalue weighted by atomic mass is 10.1. The van der Waals surface area contributed by atoms with Gasteiger partial charge in [0, 0.05) is 24.2 Å². The number of ketones is 1. The van der Waals surface area contributed by atoms with E-state index in [2.05, 4.69) is 15.4 Å². The Balaban J connectivity index is 2.31.